The zero-order valence-electron chi connectivity index (χ0n) is 16.4. The van der Waals surface area contributed by atoms with Crippen molar-refractivity contribution in [2.75, 3.05) is 18.6 Å². The lowest BCUT2D eigenvalue weighted by Gasteiger charge is -2.21. The lowest BCUT2D eigenvalue weighted by atomic mass is 10.1. The zero-order chi connectivity index (χ0) is 24.8. The van der Waals surface area contributed by atoms with Gasteiger partial charge in [-0.15, -0.1) is 0 Å². The Balaban J connectivity index is 1.73. The van der Waals surface area contributed by atoms with Crippen molar-refractivity contribution in [3.05, 3.63) is 6.33 Å². The molecule has 0 aliphatic carbocycles. The molecule has 17 nitrogen and oxygen atoms in total. The molecule has 1 aliphatic rings. The minimum absolute atomic E-state index is 0.0724. The summed E-state index contributed by atoms with van der Waals surface area (Å²) >= 11 is 1.20. The van der Waals surface area contributed by atoms with E-state index in [1.54, 1.807) is 6.26 Å². The number of aromatic nitrogens is 4. The van der Waals surface area contributed by atoms with E-state index in [4.69, 9.17) is 27.8 Å². The topological polar surface area (TPSA) is 259 Å². The molecule has 2 aromatic rings. The Hall–Kier alpha value is -0.905. The number of hydrogen-bond donors (Lipinski definition) is 6. The van der Waals surface area contributed by atoms with Crippen molar-refractivity contribution >= 4 is 59.4 Å². The van der Waals surface area contributed by atoms with Gasteiger partial charge < -0.3 is 39.9 Å². The third kappa shape index (κ3) is 6.41. The van der Waals surface area contributed by atoms with E-state index in [1.807, 2.05) is 0 Å². The van der Waals surface area contributed by atoms with Gasteiger partial charge in [-0.1, -0.05) is 11.8 Å². The van der Waals surface area contributed by atoms with Crippen LogP contribution in [0, 0.1) is 0 Å². The molecule has 7 N–H and O–H groups in total. The molecule has 22 heteroatoms. The molecule has 182 valence electrons. The Bertz CT molecular complexity index is 1180. The summed E-state index contributed by atoms with van der Waals surface area (Å²) in [6.45, 7) is -0.835. The summed E-state index contributed by atoms with van der Waals surface area (Å²) in [6.07, 6.45) is -2.89. The number of hydrogen-bond acceptors (Lipinski definition) is 14. The average Bonchev–Trinajstić information content (AvgIpc) is 3.19. The van der Waals surface area contributed by atoms with Gasteiger partial charge in [0, 0.05) is 0 Å². The summed E-state index contributed by atoms with van der Waals surface area (Å²) in [5.41, 5.74) is 6.24. The van der Waals surface area contributed by atoms with Crippen molar-refractivity contribution in [2.24, 2.45) is 0 Å². The fourth-order valence-corrected chi connectivity index (χ4v) is 6.31. The third-order valence-electron chi connectivity index (χ3n) is 4.07. The fourth-order valence-electron chi connectivity index (χ4n) is 2.79. The molecule has 2 unspecified atom stereocenters. The third-order valence-corrected chi connectivity index (χ3v) is 8.54. The van der Waals surface area contributed by atoms with Crippen LogP contribution < -0.4 is 5.73 Å². The maximum absolute atomic E-state index is 12.1. The van der Waals surface area contributed by atoms with E-state index in [9.17, 15) is 28.8 Å². The lowest BCUT2D eigenvalue weighted by Crippen LogP contribution is -2.33. The number of aliphatic hydroxyl groups excluding tert-OH is 2. The molecule has 2 radical (unpaired) electrons. The number of thioether (sulfide) groups is 1. The molecule has 0 spiro atoms. The molecule has 0 amide bonds. The maximum atomic E-state index is 12.1. The van der Waals surface area contributed by atoms with Crippen LogP contribution in [0.15, 0.2) is 11.5 Å². The number of nitrogens with two attached hydrogens (primary N) is 1. The van der Waals surface area contributed by atoms with Gasteiger partial charge >= 0.3 is 15.6 Å². The highest BCUT2D eigenvalue weighted by Gasteiger charge is 2.46. The first-order valence-electron chi connectivity index (χ1n) is 8.52. The highest BCUT2D eigenvalue weighted by Crippen LogP contribution is 2.66. The van der Waals surface area contributed by atoms with E-state index in [-0.39, 0.29) is 17.0 Å². The minimum atomic E-state index is -5.59. The Morgan fingerprint density at radius 3 is 2.48 bits per heavy atom. The minimum Gasteiger partial charge on any atom is -0.387 e. The summed E-state index contributed by atoms with van der Waals surface area (Å²) in [5.74, 6) is 0.0724. The Morgan fingerprint density at radius 1 is 1.21 bits per heavy atom. The highest BCUT2D eigenvalue weighted by molar-refractivity contribution is 7.98. The van der Waals surface area contributed by atoms with Gasteiger partial charge in [0.2, 0.25) is 7.57 Å². The van der Waals surface area contributed by atoms with Crippen molar-refractivity contribution in [1.29, 1.82) is 0 Å². The molecule has 6 atom stereocenters. The SMILES string of the molecule is [B]P(=O)(OC[C@H]1O[C@@H](n2cnc3c(N)nc(SC)nc32)[C@H](O)[C@H]1O)OP(=O)(O)OP(=O)(O)O. The second-order valence-electron chi connectivity index (χ2n) is 6.42. The molecule has 2 aromatic heterocycles. The smallest absolute Gasteiger partial charge is 0.387 e. The normalized spacial score (nSPS) is 27.5. The largest absolute Gasteiger partial charge is 0.487 e. The van der Waals surface area contributed by atoms with Crippen LogP contribution in [-0.2, 0) is 31.6 Å². The van der Waals surface area contributed by atoms with Gasteiger partial charge in [-0.3, -0.25) is 9.13 Å². The van der Waals surface area contributed by atoms with E-state index in [0.29, 0.717) is 5.16 Å². The van der Waals surface area contributed by atoms with E-state index >= 15 is 0 Å². The first-order chi connectivity index (χ1) is 15.1. The van der Waals surface area contributed by atoms with Crippen molar-refractivity contribution < 1.29 is 56.5 Å². The monoisotopic (exact) mass is 547 g/mol. The predicted octanol–water partition coefficient (Wildman–Crippen LogP) is -0.731. The van der Waals surface area contributed by atoms with E-state index in [1.165, 1.54) is 22.7 Å². The predicted molar refractivity (Wildman–Crippen MR) is 111 cm³/mol. The number of imidazole rings is 1. The lowest BCUT2D eigenvalue weighted by molar-refractivity contribution is -0.0479. The van der Waals surface area contributed by atoms with Gasteiger partial charge in [0.05, 0.1) is 12.9 Å². The second-order valence-corrected chi connectivity index (χ2v) is 11.8. The van der Waals surface area contributed by atoms with Crippen LogP contribution in [0.3, 0.4) is 0 Å². The molecule has 1 fully saturated rings. The van der Waals surface area contributed by atoms with E-state index in [2.05, 4.69) is 28.1 Å². The highest BCUT2D eigenvalue weighted by atomic mass is 32.2. The number of phosphoric acid groups is 2. The Morgan fingerprint density at radius 2 is 1.88 bits per heavy atom. The molecule has 0 aromatic carbocycles. The van der Waals surface area contributed by atoms with Crippen LogP contribution in [0.25, 0.3) is 11.2 Å². The van der Waals surface area contributed by atoms with E-state index < -0.39 is 54.3 Å². The number of nitrogen functional groups attached to an aromatic ring is 1. The zero-order valence-corrected chi connectivity index (χ0v) is 19.9. The molecule has 1 aliphatic heterocycles. The standard InChI is InChI=1S/C11H17BN5O12P3S/c1-33-11-15-8(13)5-9(16-11)17(3-14-5)10-7(19)6(18)4(27-10)2-26-30(12,20)28-32(24,25)29-31(21,22)23/h3-4,6-7,10,18-19H,2H2,1H3,(H,24,25)(H2,13,15,16)(H2,21,22,23)/t4-,6+,7-,10-,30?/m1/s1. The van der Waals surface area contributed by atoms with Crippen LogP contribution >= 0.6 is 34.9 Å². The summed E-state index contributed by atoms with van der Waals surface area (Å²) < 4.78 is 53.2. The number of aliphatic hydroxyl groups is 2. The summed E-state index contributed by atoms with van der Waals surface area (Å²) in [6, 6.07) is 0. The maximum Gasteiger partial charge on any atom is 0.487 e. The fraction of sp³-hybridized carbons (Fsp3) is 0.545. The molecule has 0 bridgehead atoms. The average molecular weight is 547 g/mol. The first kappa shape index (κ1) is 26.7. The molecular weight excluding hydrogens is 530 g/mol. The van der Waals surface area contributed by atoms with Crippen molar-refractivity contribution in [2.45, 2.75) is 29.7 Å². The molecule has 33 heavy (non-hydrogen) atoms. The van der Waals surface area contributed by atoms with Crippen LogP contribution in [0.5, 0.6) is 0 Å². The van der Waals surface area contributed by atoms with Crippen LogP contribution in [-0.4, -0.2) is 83.2 Å². The Labute approximate surface area is 190 Å². The summed E-state index contributed by atoms with van der Waals surface area (Å²) in [4.78, 5) is 38.7. The number of anilines is 1. The van der Waals surface area contributed by atoms with Crippen molar-refractivity contribution in [1.82, 2.24) is 19.5 Å². The van der Waals surface area contributed by atoms with E-state index in [0.717, 1.165) is 0 Å². The van der Waals surface area contributed by atoms with Gasteiger partial charge in [-0.2, -0.15) is 4.31 Å². The quantitative estimate of drug-likeness (QED) is 0.0978. The van der Waals surface area contributed by atoms with Crippen LogP contribution in [0.1, 0.15) is 6.23 Å². The molecular formula is C11H17BN5O12P3S. The van der Waals surface area contributed by atoms with Gasteiger partial charge in [0.1, 0.15) is 23.8 Å². The number of ether oxygens (including phenoxy) is 1. The number of nitrogens with zero attached hydrogens (tertiary/aromatic N) is 4. The molecule has 1 saturated heterocycles. The molecule has 3 heterocycles. The number of fused-ring (bicyclic) bond motifs is 1. The van der Waals surface area contributed by atoms with Gasteiger partial charge in [-0.05, 0) is 6.26 Å². The van der Waals surface area contributed by atoms with Gasteiger partial charge in [-0.25, -0.2) is 28.4 Å². The van der Waals surface area contributed by atoms with Crippen molar-refractivity contribution in [3.8, 4) is 0 Å². The van der Waals surface area contributed by atoms with Gasteiger partial charge in [0.15, 0.2) is 22.8 Å². The van der Waals surface area contributed by atoms with Crippen LogP contribution in [0.4, 0.5) is 5.82 Å². The summed E-state index contributed by atoms with van der Waals surface area (Å²) in [5, 5.41) is 21.0. The second kappa shape index (κ2) is 9.62. The summed E-state index contributed by atoms with van der Waals surface area (Å²) in [7, 11) is -10.9. The molecule has 3 rings (SSSR count). The Kier molecular flexibility index (Phi) is 7.79. The van der Waals surface area contributed by atoms with Crippen molar-refractivity contribution in [3.63, 3.8) is 0 Å². The molecule has 0 saturated carbocycles. The number of rotatable bonds is 9. The van der Waals surface area contributed by atoms with Gasteiger partial charge in [0.25, 0.3) is 7.47 Å². The first-order valence-corrected chi connectivity index (χ1v) is 14.4. The van der Waals surface area contributed by atoms with Crippen LogP contribution in [0.2, 0.25) is 0 Å².